The molecule has 4 N–H and O–H groups in total. The van der Waals surface area contributed by atoms with Gasteiger partial charge in [-0.05, 0) is 6.92 Å². The number of phenolic OH excluding ortho intramolecular Hbond substituents is 2. The molecule has 0 aliphatic heterocycles. The number of aliphatic hydroxyl groups excluding tert-OH is 1. The van der Waals surface area contributed by atoms with Crippen molar-refractivity contribution in [3.63, 3.8) is 0 Å². The number of aliphatic hydroxyl groups is 2. The van der Waals surface area contributed by atoms with Gasteiger partial charge in [0.1, 0.15) is 11.5 Å². The average molecular weight is 320 g/mol. The summed E-state index contributed by atoms with van der Waals surface area (Å²) in [5.41, 5.74) is -2.00. The number of ether oxygens (including phenoxy) is 1. The summed E-state index contributed by atoms with van der Waals surface area (Å²) >= 11 is 0. The van der Waals surface area contributed by atoms with Crippen LogP contribution in [-0.4, -0.2) is 44.7 Å². The molecule has 1 aromatic carbocycles. The summed E-state index contributed by atoms with van der Waals surface area (Å²) in [4.78, 5) is 24.5. The number of rotatable bonds is 1. The number of phenols is 2. The number of allylic oxidation sites excluding steroid dienone is 2. The minimum absolute atomic E-state index is 0.0248. The van der Waals surface area contributed by atoms with Crippen molar-refractivity contribution in [3.05, 3.63) is 34.1 Å². The monoisotopic (exact) mass is 320 g/mol. The molecule has 0 saturated carbocycles. The number of hydrogen-bond acceptors (Lipinski definition) is 7. The molecule has 7 nitrogen and oxygen atoms in total. The second-order valence-electron chi connectivity index (χ2n) is 6.14. The van der Waals surface area contributed by atoms with Gasteiger partial charge in [0.25, 0.3) is 0 Å². The molecular formula is C16H16O7. The lowest BCUT2D eigenvalue weighted by molar-refractivity contribution is -0.00904. The van der Waals surface area contributed by atoms with E-state index < -0.39 is 34.8 Å². The third-order valence-electron chi connectivity index (χ3n) is 4.29. The molecule has 0 fully saturated rings. The average Bonchev–Trinajstić information content (AvgIpc) is 2.44. The van der Waals surface area contributed by atoms with Crippen molar-refractivity contribution in [1.82, 2.24) is 0 Å². The van der Waals surface area contributed by atoms with Gasteiger partial charge in [0.2, 0.25) is 5.78 Å². The Morgan fingerprint density at radius 2 is 1.87 bits per heavy atom. The van der Waals surface area contributed by atoms with E-state index in [1.165, 1.54) is 14.0 Å². The van der Waals surface area contributed by atoms with Crippen LogP contribution in [0.3, 0.4) is 0 Å². The van der Waals surface area contributed by atoms with Crippen molar-refractivity contribution in [2.24, 2.45) is 0 Å². The van der Waals surface area contributed by atoms with Crippen molar-refractivity contribution < 1.29 is 34.8 Å². The quantitative estimate of drug-likeness (QED) is 0.562. The zero-order chi connectivity index (χ0) is 17.1. The highest BCUT2D eigenvalue weighted by Gasteiger charge is 2.42. The fourth-order valence-electron chi connectivity index (χ4n) is 3.29. The first-order chi connectivity index (χ1) is 10.7. The summed E-state index contributed by atoms with van der Waals surface area (Å²) in [6, 6.07) is 0. The molecule has 0 amide bonds. The van der Waals surface area contributed by atoms with Crippen LogP contribution in [0.25, 0.3) is 0 Å². The van der Waals surface area contributed by atoms with Crippen molar-refractivity contribution in [3.8, 4) is 11.5 Å². The van der Waals surface area contributed by atoms with Gasteiger partial charge in [-0.2, -0.15) is 0 Å². The molecule has 2 atom stereocenters. The Balaban J connectivity index is 2.34. The normalized spacial score (nSPS) is 26.4. The van der Waals surface area contributed by atoms with Gasteiger partial charge in [-0.3, -0.25) is 9.59 Å². The highest BCUT2D eigenvalue weighted by Crippen LogP contribution is 2.49. The molecule has 2 aliphatic carbocycles. The Kier molecular flexibility index (Phi) is 3.24. The van der Waals surface area contributed by atoms with Gasteiger partial charge in [0.15, 0.2) is 11.5 Å². The van der Waals surface area contributed by atoms with Gasteiger partial charge >= 0.3 is 0 Å². The summed E-state index contributed by atoms with van der Waals surface area (Å²) in [5, 5.41) is 41.2. The van der Waals surface area contributed by atoms with E-state index in [-0.39, 0.29) is 40.9 Å². The number of fused-ring (bicyclic) bond motifs is 2. The molecule has 23 heavy (non-hydrogen) atoms. The summed E-state index contributed by atoms with van der Waals surface area (Å²) in [6.07, 6.45) is -0.463. The lowest BCUT2D eigenvalue weighted by Gasteiger charge is -2.35. The van der Waals surface area contributed by atoms with Crippen LogP contribution in [0.15, 0.2) is 11.8 Å². The van der Waals surface area contributed by atoms with E-state index in [9.17, 15) is 30.0 Å². The maximum atomic E-state index is 12.4. The van der Waals surface area contributed by atoms with Crippen molar-refractivity contribution in [1.29, 1.82) is 0 Å². The van der Waals surface area contributed by atoms with E-state index in [4.69, 9.17) is 4.74 Å². The summed E-state index contributed by atoms with van der Waals surface area (Å²) in [6.45, 7) is 1.47. The Morgan fingerprint density at radius 3 is 2.48 bits per heavy atom. The van der Waals surface area contributed by atoms with Gasteiger partial charge in [-0.1, -0.05) is 0 Å². The van der Waals surface area contributed by atoms with Crippen molar-refractivity contribution in [2.45, 2.75) is 31.5 Å². The first-order valence-electron chi connectivity index (χ1n) is 7.03. The number of carbonyl (C=O) groups excluding carboxylic acids is 2. The molecule has 0 unspecified atom stereocenters. The van der Waals surface area contributed by atoms with Gasteiger partial charge in [-0.15, -0.1) is 0 Å². The second kappa shape index (κ2) is 4.81. The number of hydrogen-bond donors (Lipinski definition) is 4. The van der Waals surface area contributed by atoms with Crippen LogP contribution in [0.1, 0.15) is 51.3 Å². The first kappa shape index (κ1) is 15.5. The molecule has 0 spiro atoms. The smallest absolute Gasteiger partial charge is 0.232 e. The van der Waals surface area contributed by atoms with Crippen LogP contribution in [0.5, 0.6) is 11.5 Å². The fourth-order valence-corrected chi connectivity index (χ4v) is 3.29. The van der Waals surface area contributed by atoms with Crippen LogP contribution in [0.4, 0.5) is 0 Å². The molecular weight excluding hydrogens is 304 g/mol. The predicted molar refractivity (Wildman–Crippen MR) is 77.4 cm³/mol. The van der Waals surface area contributed by atoms with Gasteiger partial charge in [0.05, 0.1) is 29.9 Å². The zero-order valence-electron chi connectivity index (χ0n) is 12.6. The maximum absolute atomic E-state index is 12.4. The number of benzene rings is 1. The highest BCUT2D eigenvalue weighted by molar-refractivity contribution is 6.26. The van der Waals surface area contributed by atoms with Gasteiger partial charge < -0.3 is 25.2 Å². The van der Waals surface area contributed by atoms with Crippen LogP contribution < -0.4 is 0 Å². The molecule has 0 saturated heterocycles. The molecule has 0 radical (unpaired) electrons. The molecule has 7 heteroatoms. The Morgan fingerprint density at radius 1 is 1.22 bits per heavy atom. The lowest BCUT2D eigenvalue weighted by atomic mass is 9.75. The Bertz CT molecular complexity index is 773. The first-order valence-corrected chi connectivity index (χ1v) is 7.03. The molecule has 0 aromatic heterocycles. The third-order valence-corrected chi connectivity index (χ3v) is 4.29. The van der Waals surface area contributed by atoms with Crippen LogP contribution >= 0.6 is 0 Å². The van der Waals surface area contributed by atoms with E-state index >= 15 is 0 Å². The van der Waals surface area contributed by atoms with E-state index in [0.717, 1.165) is 6.08 Å². The minimum atomic E-state index is -1.31. The zero-order valence-corrected chi connectivity index (χ0v) is 12.6. The number of methoxy groups -OCH3 is 1. The van der Waals surface area contributed by atoms with Crippen molar-refractivity contribution >= 4 is 11.6 Å². The lowest BCUT2D eigenvalue weighted by Crippen LogP contribution is -2.35. The SMILES string of the molecule is COC1=CC(=O)c2c(O)c3c(c(O)c2C1=O)C[C@](C)(O)C[C@@H]3O. The number of Topliss-reactive ketones (excluding diaryl/α,β-unsaturated/α-hetero) is 1. The van der Waals surface area contributed by atoms with E-state index in [1.807, 2.05) is 0 Å². The third kappa shape index (κ3) is 2.12. The van der Waals surface area contributed by atoms with Crippen LogP contribution in [-0.2, 0) is 11.2 Å². The molecule has 0 bridgehead atoms. The summed E-state index contributed by atoms with van der Waals surface area (Å²) in [5.74, 6) is -2.75. The topological polar surface area (TPSA) is 124 Å². The molecule has 0 heterocycles. The number of ketones is 2. The maximum Gasteiger partial charge on any atom is 0.232 e. The highest BCUT2D eigenvalue weighted by atomic mass is 16.5. The van der Waals surface area contributed by atoms with Crippen LogP contribution in [0, 0.1) is 0 Å². The van der Waals surface area contributed by atoms with E-state index in [1.54, 1.807) is 0 Å². The minimum Gasteiger partial charge on any atom is -0.507 e. The van der Waals surface area contributed by atoms with E-state index in [2.05, 4.69) is 0 Å². The number of carbonyl (C=O) groups is 2. The standard InChI is InChI=1S/C16H16O7/c1-16(22)4-6-10(8(18)5-16)15(21)11-7(17)3-9(23-2)14(20)12(11)13(6)19/h3,8,18-19,21-22H,4-5H2,1-2H3/t8-,16-/m0/s1. The van der Waals surface area contributed by atoms with Gasteiger partial charge in [0, 0.05) is 30.0 Å². The fraction of sp³-hybridized carbons (Fsp3) is 0.375. The van der Waals surface area contributed by atoms with Crippen LogP contribution in [0.2, 0.25) is 0 Å². The molecule has 1 aromatic rings. The number of aromatic hydroxyl groups is 2. The second-order valence-corrected chi connectivity index (χ2v) is 6.14. The molecule has 122 valence electrons. The molecule has 3 rings (SSSR count). The van der Waals surface area contributed by atoms with Gasteiger partial charge in [-0.25, -0.2) is 0 Å². The predicted octanol–water partition coefficient (Wildman–Crippen LogP) is 0.738. The largest absolute Gasteiger partial charge is 0.507 e. The van der Waals surface area contributed by atoms with Crippen molar-refractivity contribution in [2.75, 3.05) is 7.11 Å². The summed E-state index contributed by atoms with van der Waals surface area (Å²) < 4.78 is 4.83. The molecule has 2 aliphatic rings. The van der Waals surface area contributed by atoms with E-state index in [0.29, 0.717) is 0 Å². The Labute approximate surface area is 131 Å². The summed E-state index contributed by atoms with van der Waals surface area (Å²) in [7, 11) is 1.21. The Hall–Kier alpha value is -2.38.